The molecule has 1 aliphatic heterocycles. The highest BCUT2D eigenvalue weighted by Crippen LogP contribution is 2.32. The molecule has 0 radical (unpaired) electrons. The zero-order chi connectivity index (χ0) is 22.5. The molecule has 10 nitrogen and oxygen atoms in total. The summed E-state index contributed by atoms with van der Waals surface area (Å²) in [5.74, 6) is -0.169. The summed E-state index contributed by atoms with van der Waals surface area (Å²) in [6.07, 6.45) is 1.29. The first-order chi connectivity index (χ1) is 14.8. The number of nitrogens with zero attached hydrogens (tertiary/aromatic N) is 2. The highest BCUT2D eigenvalue weighted by atomic mass is 79.9. The van der Waals surface area contributed by atoms with Gasteiger partial charge >= 0.3 is 0 Å². The van der Waals surface area contributed by atoms with E-state index in [1.165, 1.54) is 18.3 Å². The molecular formula is C20H19BrN4O6. The number of amides is 2. The van der Waals surface area contributed by atoms with Crippen molar-refractivity contribution in [3.05, 3.63) is 62.1 Å². The summed E-state index contributed by atoms with van der Waals surface area (Å²) in [7, 11) is 0. The number of hydrogen-bond donors (Lipinski definition) is 2. The maximum atomic E-state index is 12.6. The van der Waals surface area contributed by atoms with Crippen LogP contribution in [0.4, 0.5) is 5.69 Å². The second kappa shape index (κ2) is 9.56. The van der Waals surface area contributed by atoms with E-state index in [1.807, 2.05) is 0 Å². The Kier molecular flexibility index (Phi) is 6.85. The van der Waals surface area contributed by atoms with Gasteiger partial charge in [-0.05, 0) is 46.1 Å². The van der Waals surface area contributed by atoms with Crippen molar-refractivity contribution in [3.8, 4) is 11.5 Å². The predicted octanol–water partition coefficient (Wildman–Crippen LogP) is 2.99. The van der Waals surface area contributed by atoms with Gasteiger partial charge < -0.3 is 14.8 Å². The average molecular weight is 491 g/mol. The number of hydrazone groups is 1. The Hall–Kier alpha value is -3.47. The summed E-state index contributed by atoms with van der Waals surface area (Å²) >= 11 is 3.10. The zero-order valence-electron chi connectivity index (χ0n) is 16.6. The van der Waals surface area contributed by atoms with Crippen molar-refractivity contribution in [1.82, 2.24) is 10.7 Å². The second-order valence-electron chi connectivity index (χ2n) is 6.97. The van der Waals surface area contributed by atoms with E-state index in [4.69, 9.17) is 9.47 Å². The van der Waals surface area contributed by atoms with Gasteiger partial charge in [-0.3, -0.25) is 19.7 Å². The topological polar surface area (TPSA) is 132 Å². The average Bonchev–Trinajstić information content (AvgIpc) is 3.20. The number of nitro groups is 1. The van der Waals surface area contributed by atoms with E-state index in [-0.39, 0.29) is 18.4 Å². The van der Waals surface area contributed by atoms with Gasteiger partial charge in [0, 0.05) is 17.2 Å². The van der Waals surface area contributed by atoms with Crippen LogP contribution in [0.2, 0.25) is 0 Å². The SMILES string of the molecule is CC(C)C(NC(=O)c1ccc2c(c1)OCO2)C(=O)NN=Cc1ccc(Br)c([N+](=O)[O-])c1. The first kappa shape index (κ1) is 22.2. The summed E-state index contributed by atoms with van der Waals surface area (Å²) in [6.45, 7) is 3.66. The van der Waals surface area contributed by atoms with Gasteiger partial charge in [0.1, 0.15) is 6.04 Å². The monoisotopic (exact) mass is 490 g/mol. The summed E-state index contributed by atoms with van der Waals surface area (Å²) < 4.78 is 10.8. The van der Waals surface area contributed by atoms with E-state index >= 15 is 0 Å². The number of halogens is 1. The maximum Gasteiger partial charge on any atom is 0.284 e. The van der Waals surface area contributed by atoms with Crippen LogP contribution >= 0.6 is 15.9 Å². The Morgan fingerprint density at radius 1 is 1.19 bits per heavy atom. The number of benzene rings is 2. The lowest BCUT2D eigenvalue weighted by atomic mass is 10.0. The first-order valence-corrected chi connectivity index (χ1v) is 10.0. The lowest BCUT2D eigenvalue weighted by molar-refractivity contribution is -0.385. The van der Waals surface area contributed by atoms with Gasteiger partial charge in [-0.1, -0.05) is 19.9 Å². The van der Waals surface area contributed by atoms with E-state index < -0.39 is 22.8 Å². The van der Waals surface area contributed by atoms with Crippen molar-refractivity contribution < 1.29 is 24.0 Å². The van der Waals surface area contributed by atoms with Crippen LogP contribution in [0.1, 0.15) is 29.8 Å². The Morgan fingerprint density at radius 2 is 1.94 bits per heavy atom. The molecule has 2 aromatic carbocycles. The van der Waals surface area contributed by atoms with E-state index in [9.17, 15) is 19.7 Å². The van der Waals surface area contributed by atoms with E-state index in [1.54, 1.807) is 38.1 Å². The van der Waals surface area contributed by atoms with Gasteiger partial charge in [0.2, 0.25) is 6.79 Å². The van der Waals surface area contributed by atoms with Gasteiger partial charge in [0.25, 0.3) is 17.5 Å². The van der Waals surface area contributed by atoms with Crippen LogP contribution in [0.15, 0.2) is 46.0 Å². The number of hydrogen-bond acceptors (Lipinski definition) is 7. The first-order valence-electron chi connectivity index (χ1n) is 9.23. The number of carbonyl (C=O) groups is 2. The highest BCUT2D eigenvalue weighted by molar-refractivity contribution is 9.10. The molecule has 2 amide bonds. The predicted molar refractivity (Wildman–Crippen MR) is 115 cm³/mol. The standard InChI is InChI=1S/C20H19BrN4O6/c1-11(2)18(23-19(26)13-4-6-16-17(8-13)31-10-30-16)20(27)24-22-9-12-3-5-14(21)15(7-12)25(28)29/h3-9,11,18H,10H2,1-2H3,(H,23,26)(H,24,27). The third-order valence-corrected chi connectivity index (χ3v) is 5.10. The molecule has 1 aliphatic rings. The third-order valence-electron chi connectivity index (χ3n) is 4.43. The van der Waals surface area contributed by atoms with Crippen molar-refractivity contribution in [2.24, 2.45) is 11.0 Å². The molecule has 0 aliphatic carbocycles. The lowest BCUT2D eigenvalue weighted by Crippen LogP contribution is -2.48. The van der Waals surface area contributed by atoms with Crippen molar-refractivity contribution in [1.29, 1.82) is 0 Å². The molecule has 0 saturated heterocycles. The smallest absolute Gasteiger partial charge is 0.284 e. The molecule has 162 valence electrons. The Morgan fingerprint density at radius 3 is 2.65 bits per heavy atom. The van der Waals surface area contributed by atoms with Crippen LogP contribution in [-0.2, 0) is 4.79 Å². The van der Waals surface area contributed by atoms with E-state index in [2.05, 4.69) is 31.8 Å². The third kappa shape index (κ3) is 5.37. The molecular weight excluding hydrogens is 472 g/mol. The van der Waals surface area contributed by atoms with Crippen molar-refractivity contribution in [2.75, 3.05) is 6.79 Å². The zero-order valence-corrected chi connectivity index (χ0v) is 18.2. The van der Waals surface area contributed by atoms with Gasteiger partial charge in [0.15, 0.2) is 11.5 Å². The molecule has 1 unspecified atom stereocenters. The minimum Gasteiger partial charge on any atom is -0.454 e. The lowest BCUT2D eigenvalue weighted by Gasteiger charge is -2.20. The number of carbonyl (C=O) groups excluding carboxylic acids is 2. The van der Waals surface area contributed by atoms with Crippen molar-refractivity contribution >= 4 is 39.6 Å². The fraction of sp³-hybridized carbons (Fsp3) is 0.250. The van der Waals surface area contributed by atoms with Gasteiger partial charge in [-0.25, -0.2) is 5.43 Å². The molecule has 2 aromatic rings. The fourth-order valence-electron chi connectivity index (χ4n) is 2.79. The second-order valence-corrected chi connectivity index (χ2v) is 7.82. The number of nitro benzene ring substituents is 1. The van der Waals surface area contributed by atoms with E-state index in [0.29, 0.717) is 27.1 Å². The van der Waals surface area contributed by atoms with E-state index in [0.717, 1.165) is 0 Å². The maximum absolute atomic E-state index is 12.6. The quantitative estimate of drug-likeness (QED) is 0.348. The summed E-state index contributed by atoms with van der Waals surface area (Å²) in [5.41, 5.74) is 3.00. The Labute approximate surface area is 185 Å². The van der Waals surface area contributed by atoms with Crippen LogP contribution in [0.5, 0.6) is 11.5 Å². The molecule has 0 spiro atoms. The van der Waals surface area contributed by atoms with Crippen molar-refractivity contribution in [2.45, 2.75) is 19.9 Å². The number of ether oxygens (including phenoxy) is 2. The van der Waals surface area contributed by atoms with Crippen LogP contribution in [0.25, 0.3) is 0 Å². The molecule has 0 fully saturated rings. The number of rotatable bonds is 7. The van der Waals surface area contributed by atoms with Gasteiger partial charge in [-0.2, -0.15) is 5.10 Å². The van der Waals surface area contributed by atoms with Crippen LogP contribution in [0.3, 0.4) is 0 Å². The molecule has 31 heavy (non-hydrogen) atoms. The Balaban J connectivity index is 1.65. The van der Waals surface area contributed by atoms with Gasteiger partial charge in [-0.15, -0.1) is 0 Å². The molecule has 0 bridgehead atoms. The summed E-state index contributed by atoms with van der Waals surface area (Å²) in [5, 5.41) is 17.5. The minimum absolute atomic E-state index is 0.0942. The molecule has 0 aromatic heterocycles. The fourth-order valence-corrected chi connectivity index (χ4v) is 3.18. The normalized spacial score (nSPS) is 13.3. The number of fused-ring (bicyclic) bond motifs is 1. The van der Waals surface area contributed by atoms with Crippen LogP contribution in [-0.4, -0.2) is 35.8 Å². The molecule has 2 N–H and O–H groups in total. The molecule has 1 heterocycles. The number of nitrogens with one attached hydrogen (secondary N) is 2. The minimum atomic E-state index is -0.852. The van der Waals surface area contributed by atoms with Gasteiger partial charge in [0.05, 0.1) is 15.6 Å². The van der Waals surface area contributed by atoms with Crippen LogP contribution in [0, 0.1) is 16.0 Å². The highest BCUT2D eigenvalue weighted by Gasteiger charge is 2.25. The Bertz CT molecular complexity index is 1060. The summed E-state index contributed by atoms with van der Waals surface area (Å²) in [4.78, 5) is 35.6. The molecule has 1 atom stereocenters. The molecule has 0 saturated carbocycles. The largest absolute Gasteiger partial charge is 0.454 e. The summed E-state index contributed by atoms with van der Waals surface area (Å²) in [6, 6.07) is 8.35. The molecule has 3 rings (SSSR count). The van der Waals surface area contributed by atoms with Crippen LogP contribution < -0.4 is 20.2 Å². The van der Waals surface area contributed by atoms with Crippen molar-refractivity contribution in [3.63, 3.8) is 0 Å². The molecule has 11 heteroatoms.